The van der Waals surface area contributed by atoms with Crippen molar-refractivity contribution in [3.8, 4) is 0 Å². The van der Waals surface area contributed by atoms with Crippen molar-refractivity contribution in [1.82, 2.24) is 0 Å². The zero-order chi connectivity index (χ0) is 14.3. The van der Waals surface area contributed by atoms with Crippen LogP contribution in [-0.4, -0.2) is 40.6 Å². The molecule has 1 atom stereocenters. The first kappa shape index (κ1) is 15.3. The largest absolute Gasteiger partial charge is 0.460 e. The molecule has 1 unspecified atom stereocenters. The van der Waals surface area contributed by atoms with Crippen molar-refractivity contribution >= 4 is 5.97 Å². The molecule has 2 rings (SSSR count). The van der Waals surface area contributed by atoms with Crippen LogP contribution in [0.15, 0.2) is 43.0 Å². The van der Waals surface area contributed by atoms with E-state index in [9.17, 15) is 4.79 Å². The van der Waals surface area contributed by atoms with Gasteiger partial charge in [-0.2, -0.15) is 0 Å². The van der Waals surface area contributed by atoms with Crippen LogP contribution in [0.4, 0.5) is 0 Å². The van der Waals surface area contributed by atoms with E-state index in [0.717, 1.165) is 6.08 Å². The second kappa shape index (κ2) is 7.01. The molecule has 0 spiro atoms. The Morgan fingerprint density at radius 2 is 2.00 bits per heavy atom. The van der Waals surface area contributed by atoms with Crippen molar-refractivity contribution in [3.63, 3.8) is 0 Å². The van der Waals surface area contributed by atoms with Gasteiger partial charge in [0, 0.05) is 11.6 Å². The van der Waals surface area contributed by atoms with Gasteiger partial charge in [0.1, 0.15) is 12.7 Å². The lowest BCUT2D eigenvalue weighted by Gasteiger charge is -2.12. The lowest BCUT2D eigenvalue weighted by Crippen LogP contribution is -2.23. The third-order valence-corrected chi connectivity index (χ3v) is 2.14. The van der Waals surface area contributed by atoms with E-state index in [2.05, 4.69) is 11.3 Å². The molecule has 1 aliphatic rings. The molecular weight excluding hydrogens is 252 g/mol. The Hall–Kier alpha value is -1.73. The van der Waals surface area contributed by atoms with Crippen LogP contribution in [0.25, 0.3) is 0 Å². The molecule has 1 aliphatic heterocycles. The SMILES string of the molecule is C=CC(=O)OCC1CO1.OC(O)(O)c1ccccc1. The Morgan fingerprint density at radius 1 is 1.42 bits per heavy atom. The second-order valence-corrected chi connectivity index (χ2v) is 3.79. The third kappa shape index (κ3) is 6.68. The van der Waals surface area contributed by atoms with Gasteiger partial charge in [-0.05, 0) is 0 Å². The zero-order valence-electron chi connectivity index (χ0n) is 10.2. The summed E-state index contributed by atoms with van der Waals surface area (Å²) in [5.74, 6) is -3.09. The summed E-state index contributed by atoms with van der Waals surface area (Å²) in [7, 11) is 0. The molecule has 0 radical (unpaired) electrons. The maximum absolute atomic E-state index is 10.3. The van der Waals surface area contributed by atoms with Gasteiger partial charge >= 0.3 is 11.9 Å². The fourth-order valence-corrected chi connectivity index (χ4v) is 1.06. The highest BCUT2D eigenvalue weighted by Crippen LogP contribution is 2.12. The van der Waals surface area contributed by atoms with E-state index in [0.29, 0.717) is 13.2 Å². The molecule has 0 aliphatic carbocycles. The molecule has 0 saturated carbocycles. The van der Waals surface area contributed by atoms with E-state index in [4.69, 9.17) is 20.1 Å². The lowest BCUT2D eigenvalue weighted by atomic mass is 10.2. The van der Waals surface area contributed by atoms with E-state index in [-0.39, 0.29) is 17.6 Å². The molecule has 0 amide bonds. The number of carbonyl (C=O) groups excluding carboxylic acids is 1. The number of carbonyl (C=O) groups is 1. The summed E-state index contributed by atoms with van der Waals surface area (Å²) in [6, 6.07) is 7.76. The average Bonchev–Trinajstić information content (AvgIpc) is 3.21. The number of esters is 1. The molecule has 1 aromatic carbocycles. The minimum atomic E-state index is -2.71. The van der Waals surface area contributed by atoms with Crippen LogP contribution < -0.4 is 0 Å². The van der Waals surface area contributed by atoms with Gasteiger partial charge in [0.05, 0.1) is 6.61 Å². The summed E-state index contributed by atoms with van der Waals surface area (Å²) >= 11 is 0. The molecule has 1 aromatic rings. The van der Waals surface area contributed by atoms with Gasteiger partial charge in [0.15, 0.2) is 0 Å². The fourth-order valence-electron chi connectivity index (χ4n) is 1.06. The zero-order valence-corrected chi connectivity index (χ0v) is 10.2. The number of hydrogen-bond acceptors (Lipinski definition) is 6. The smallest absolute Gasteiger partial charge is 0.330 e. The summed E-state index contributed by atoms with van der Waals surface area (Å²) in [5, 5.41) is 25.8. The summed E-state index contributed by atoms with van der Waals surface area (Å²) in [5.41, 5.74) is 0.0648. The molecule has 104 valence electrons. The third-order valence-electron chi connectivity index (χ3n) is 2.14. The Morgan fingerprint density at radius 3 is 2.37 bits per heavy atom. The van der Waals surface area contributed by atoms with Gasteiger partial charge < -0.3 is 24.8 Å². The number of epoxide rings is 1. The average molecular weight is 268 g/mol. The van der Waals surface area contributed by atoms with E-state index in [1.54, 1.807) is 18.2 Å². The van der Waals surface area contributed by atoms with Crippen molar-refractivity contribution in [1.29, 1.82) is 0 Å². The maximum Gasteiger partial charge on any atom is 0.330 e. The maximum atomic E-state index is 10.3. The molecule has 0 aromatic heterocycles. The highest BCUT2D eigenvalue weighted by molar-refractivity contribution is 5.81. The summed E-state index contributed by atoms with van der Waals surface area (Å²) in [6.07, 6.45) is 1.29. The lowest BCUT2D eigenvalue weighted by molar-refractivity contribution is -0.323. The molecule has 0 bridgehead atoms. The highest BCUT2D eigenvalue weighted by atomic mass is 16.7. The van der Waals surface area contributed by atoms with Crippen molar-refractivity contribution in [2.24, 2.45) is 0 Å². The van der Waals surface area contributed by atoms with E-state index in [1.165, 1.54) is 12.1 Å². The van der Waals surface area contributed by atoms with Gasteiger partial charge in [-0.3, -0.25) is 0 Å². The number of ether oxygens (including phenoxy) is 2. The first-order chi connectivity index (χ1) is 8.93. The Bertz CT molecular complexity index is 405. The van der Waals surface area contributed by atoms with E-state index in [1.807, 2.05) is 0 Å². The Labute approximate surface area is 110 Å². The van der Waals surface area contributed by atoms with Crippen LogP contribution in [-0.2, 0) is 20.2 Å². The molecule has 1 saturated heterocycles. The topological polar surface area (TPSA) is 99.5 Å². The number of hydrogen-bond donors (Lipinski definition) is 3. The fraction of sp³-hybridized carbons (Fsp3) is 0.308. The minimum absolute atomic E-state index is 0.0648. The van der Waals surface area contributed by atoms with E-state index >= 15 is 0 Å². The monoisotopic (exact) mass is 268 g/mol. The molecular formula is C13H16O6. The van der Waals surface area contributed by atoms with Crippen molar-refractivity contribution < 1.29 is 29.6 Å². The van der Waals surface area contributed by atoms with Gasteiger partial charge in [0.2, 0.25) is 0 Å². The second-order valence-electron chi connectivity index (χ2n) is 3.79. The molecule has 19 heavy (non-hydrogen) atoms. The van der Waals surface area contributed by atoms with Crippen LogP contribution in [0.3, 0.4) is 0 Å². The Kier molecular flexibility index (Phi) is 5.65. The summed E-state index contributed by atoms with van der Waals surface area (Å²) in [4.78, 5) is 10.3. The number of benzene rings is 1. The molecule has 1 heterocycles. The molecule has 6 nitrogen and oxygen atoms in total. The molecule has 1 fully saturated rings. The van der Waals surface area contributed by atoms with Crippen molar-refractivity contribution in [2.75, 3.05) is 13.2 Å². The number of rotatable bonds is 4. The minimum Gasteiger partial charge on any atom is -0.460 e. The van der Waals surface area contributed by atoms with Crippen LogP contribution in [0.2, 0.25) is 0 Å². The van der Waals surface area contributed by atoms with Crippen molar-refractivity contribution in [2.45, 2.75) is 12.1 Å². The normalized spacial score (nSPS) is 16.9. The predicted molar refractivity (Wildman–Crippen MR) is 65.7 cm³/mol. The molecule has 3 N–H and O–H groups in total. The summed E-state index contributed by atoms with van der Waals surface area (Å²) < 4.78 is 9.42. The Balaban J connectivity index is 0.000000191. The van der Waals surface area contributed by atoms with Gasteiger partial charge in [0.25, 0.3) is 0 Å². The van der Waals surface area contributed by atoms with Crippen LogP contribution >= 0.6 is 0 Å². The molecule has 6 heteroatoms. The standard InChI is InChI=1S/C7H8O3.C6H8O3/c8-7(9,10)6-4-2-1-3-5-6;1-2-6(7)9-4-5-3-8-5/h1-5,8-10H;2,5H,1,3-4H2. The van der Waals surface area contributed by atoms with Gasteiger partial charge in [-0.1, -0.05) is 36.9 Å². The summed E-state index contributed by atoms with van der Waals surface area (Å²) in [6.45, 7) is 4.32. The quantitative estimate of drug-likeness (QED) is 0.305. The number of aliphatic hydroxyl groups is 3. The first-order valence-corrected chi connectivity index (χ1v) is 5.57. The first-order valence-electron chi connectivity index (χ1n) is 5.57. The van der Waals surface area contributed by atoms with Crippen LogP contribution in [0, 0.1) is 0 Å². The predicted octanol–water partition coefficient (Wildman–Crippen LogP) is -0.112. The van der Waals surface area contributed by atoms with E-state index < -0.39 is 5.97 Å². The van der Waals surface area contributed by atoms with Crippen LogP contribution in [0.5, 0.6) is 0 Å². The van der Waals surface area contributed by atoms with Gasteiger partial charge in [-0.15, -0.1) is 0 Å². The highest BCUT2D eigenvalue weighted by Gasteiger charge is 2.23. The van der Waals surface area contributed by atoms with Crippen LogP contribution in [0.1, 0.15) is 5.56 Å². The van der Waals surface area contributed by atoms with Crippen molar-refractivity contribution in [3.05, 3.63) is 48.6 Å². The van der Waals surface area contributed by atoms with Gasteiger partial charge in [-0.25, -0.2) is 4.79 Å².